The van der Waals surface area contributed by atoms with Crippen LogP contribution in [0.2, 0.25) is 0 Å². The Morgan fingerprint density at radius 2 is 1.90 bits per heavy atom. The Balaban J connectivity index is 2.41. The number of benzene rings is 2. The van der Waals surface area contributed by atoms with Gasteiger partial charge in [-0.25, -0.2) is 0 Å². The van der Waals surface area contributed by atoms with Crippen LogP contribution in [-0.2, 0) is 0 Å². The summed E-state index contributed by atoms with van der Waals surface area (Å²) >= 11 is 8.71. The predicted molar refractivity (Wildman–Crippen MR) is 85.6 cm³/mol. The lowest BCUT2D eigenvalue weighted by atomic mass is 10.1. The van der Waals surface area contributed by atoms with Crippen LogP contribution in [0.15, 0.2) is 40.9 Å². The third-order valence-corrected chi connectivity index (χ3v) is 3.91. The van der Waals surface area contributed by atoms with E-state index in [0.717, 1.165) is 15.5 Å². The number of nitrogens with one attached hydrogen (secondary N) is 1. The van der Waals surface area contributed by atoms with E-state index in [2.05, 4.69) is 33.1 Å². The lowest BCUT2D eigenvalue weighted by Gasteiger charge is -2.07. The lowest BCUT2D eigenvalue weighted by Crippen LogP contribution is -1.97. The molecule has 100 valence electrons. The van der Waals surface area contributed by atoms with Crippen LogP contribution in [0, 0.1) is 27.4 Å². The van der Waals surface area contributed by atoms with Gasteiger partial charge >= 0.3 is 0 Å². The number of fused-ring (bicyclic) bond motifs is 1. The van der Waals surface area contributed by atoms with Gasteiger partial charge in [-0.2, -0.15) is 10.5 Å². The largest absolute Gasteiger partial charge is 0.330 e. The van der Waals surface area contributed by atoms with Crippen molar-refractivity contribution in [2.24, 2.45) is 0 Å². The van der Waals surface area contributed by atoms with Crippen LogP contribution in [0.5, 0.6) is 0 Å². The molecular weight excluding hydrogens is 348 g/mol. The van der Waals surface area contributed by atoms with Crippen LogP contribution in [0.3, 0.4) is 0 Å². The van der Waals surface area contributed by atoms with Crippen molar-refractivity contribution in [1.29, 1.82) is 10.5 Å². The number of hydrogen-bond acceptors (Lipinski definition) is 3. The Hall–Kier alpha value is -2.41. The maximum absolute atomic E-state index is 9.32. The zero-order valence-corrected chi connectivity index (χ0v) is 13.0. The van der Waals surface area contributed by atoms with E-state index in [-0.39, 0.29) is 0 Å². The third-order valence-electron chi connectivity index (χ3n) is 3.13. The Morgan fingerprint density at radius 1 is 1.10 bits per heavy atom. The van der Waals surface area contributed by atoms with Crippen molar-refractivity contribution in [2.75, 3.05) is 0 Å². The fraction of sp³-hybridized carbons (Fsp3) is 0. The molecule has 1 aromatic heterocycles. The summed E-state index contributed by atoms with van der Waals surface area (Å²) in [5.74, 6) is 0. The van der Waals surface area contributed by atoms with Crippen LogP contribution in [0.25, 0.3) is 16.7 Å². The maximum atomic E-state index is 9.32. The highest BCUT2D eigenvalue weighted by atomic mass is 79.9. The molecule has 1 N–H and O–H groups in total. The molecule has 0 aliphatic rings. The van der Waals surface area contributed by atoms with E-state index < -0.39 is 0 Å². The quantitative estimate of drug-likeness (QED) is 0.666. The molecule has 0 aliphatic carbocycles. The number of nitriles is 2. The molecule has 0 amide bonds. The van der Waals surface area contributed by atoms with Gasteiger partial charge in [0, 0.05) is 4.47 Å². The molecule has 0 saturated heterocycles. The van der Waals surface area contributed by atoms with Crippen molar-refractivity contribution in [3.8, 4) is 17.8 Å². The topological polar surface area (TPSA) is 68.3 Å². The minimum atomic E-state index is 0.485. The number of aromatic nitrogens is 2. The average molecular weight is 355 g/mol. The second-order valence-corrected chi connectivity index (χ2v) is 5.68. The summed E-state index contributed by atoms with van der Waals surface area (Å²) in [6.07, 6.45) is 0. The van der Waals surface area contributed by atoms with Gasteiger partial charge in [0.05, 0.1) is 33.9 Å². The number of nitrogens with zero attached hydrogens (tertiary/aromatic N) is 3. The van der Waals surface area contributed by atoms with Gasteiger partial charge in [0.2, 0.25) is 0 Å². The number of aromatic amines is 1. The van der Waals surface area contributed by atoms with E-state index in [1.165, 1.54) is 0 Å². The maximum Gasteiger partial charge on any atom is 0.182 e. The van der Waals surface area contributed by atoms with Crippen LogP contribution < -0.4 is 0 Å². The number of halogens is 1. The number of hydrogen-bond donors (Lipinski definition) is 1. The number of imidazole rings is 1. The molecule has 0 bridgehead atoms. The predicted octanol–water partition coefficient (Wildman–Crippen LogP) is 4.19. The van der Waals surface area contributed by atoms with Crippen LogP contribution in [0.1, 0.15) is 11.1 Å². The summed E-state index contributed by atoms with van der Waals surface area (Å²) in [7, 11) is 0. The van der Waals surface area contributed by atoms with Crippen molar-refractivity contribution < 1.29 is 0 Å². The van der Waals surface area contributed by atoms with E-state index in [9.17, 15) is 5.26 Å². The molecule has 0 spiro atoms. The van der Waals surface area contributed by atoms with Gasteiger partial charge in [0.25, 0.3) is 0 Å². The Labute approximate surface area is 134 Å². The summed E-state index contributed by atoms with van der Waals surface area (Å²) in [4.78, 5) is 3.09. The Kier molecular flexibility index (Phi) is 3.34. The van der Waals surface area contributed by atoms with E-state index in [4.69, 9.17) is 17.5 Å². The van der Waals surface area contributed by atoms with E-state index in [1.807, 2.05) is 18.2 Å². The molecule has 1 heterocycles. The van der Waals surface area contributed by atoms with E-state index in [0.29, 0.717) is 21.6 Å². The second kappa shape index (κ2) is 5.17. The average Bonchev–Trinajstić information content (AvgIpc) is 2.82. The van der Waals surface area contributed by atoms with Crippen LogP contribution in [-0.4, -0.2) is 9.55 Å². The van der Waals surface area contributed by atoms with Gasteiger partial charge in [0.15, 0.2) is 4.77 Å². The molecule has 6 heteroatoms. The van der Waals surface area contributed by atoms with Gasteiger partial charge in [-0.3, -0.25) is 4.57 Å². The molecule has 4 nitrogen and oxygen atoms in total. The summed E-state index contributed by atoms with van der Waals surface area (Å²) in [5.41, 5.74) is 3.33. The fourth-order valence-electron chi connectivity index (χ4n) is 2.20. The molecule has 0 radical (unpaired) electrons. The molecule has 3 aromatic rings. The minimum absolute atomic E-state index is 0.485. The third kappa shape index (κ3) is 2.25. The number of rotatable bonds is 1. The van der Waals surface area contributed by atoms with E-state index >= 15 is 0 Å². The smallest absolute Gasteiger partial charge is 0.182 e. The highest BCUT2D eigenvalue weighted by molar-refractivity contribution is 9.10. The molecule has 3 rings (SSSR count). The first kappa shape index (κ1) is 13.6. The molecule has 2 aromatic carbocycles. The molecular formula is C15H7BrN4S. The summed E-state index contributed by atoms with van der Waals surface area (Å²) in [6, 6.07) is 15.0. The molecule has 0 fully saturated rings. The van der Waals surface area contributed by atoms with Crippen molar-refractivity contribution in [1.82, 2.24) is 9.55 Å². The molecule has 0 saturated carbocycles. The zero-order valence-electron chi connectivity index (χ0n) is 10.6. The summed E-state index contributed by atoms with van der Waals surface area (Å²) < 4.78 is 3.09. The molecule has 21 heavy (non-hydrogen) atoms. The molecule has 0 atom stereocenters. The number of H-pyrrole nitrogens is 1. The van der Waals surface area contributed by atoms with Gasteiger partial charge in [-0.05, 0) is 48.6 Å². The highest BCUT2D eigenvalue weighted by Gasteiger charge is 2.11. The standard InChI is InChI=1S/C15H7BrN4S/c16-11-2-4-13(10(6-11)8-18)20-14-5-9(7-17)1-3-12(14)19-15(20)21/h1-6H,(H,19,21). The molecule has 0 unspecified atom stereocenters. The van der Waals surface area contributed by atoms with Crippen molar-refractivity contribution in [3.05, 3.63) is 56.8 Å². The molecule has 0 aliphatic heterocycles. The van der Waals surface area contributed by atoms with E-state index in [1.54, 1.807) is 22.8 Å². The minimum Gasteiger partial charge on any atom is -0.330 e. The highest BCUT2D eigenvalue weighted by Crippen LogP contribution is 2.25. The zero-order chi connectivity index (χ0) is 15.0. The summed E-state index contributed by atoms with van der Waals surface area (Å²) in [5, 5.41) is 18.4. The first-order chi connectivity index (χ1) is 10.1. The van der Waals surface area contributed by atoms with Crippen molar-refractivity contribution in [3.63, 3.8) is 0 Å². The first-order valence-corrected chi connectivity index (χ1v) is 7.19. The van der Waals surface area contributed by atoms with Crippen LogP contribution in [0.4, 0.5) is 0 Å². The van der Waals surface area contributed by atoms with Crippen molar-refractivity contribution >= 4 is 39.2 Å². The first-order valence-electron chi connectivity index (χ1n) is 5.99. The summed E-state index contributed by atoms with van der Waals surface area (Å²) in [6.45, 7) is 0. The van der Waals surface area contributed by atoms with Gasteiger partial charge < -0.3 is 4.98 Å². The van der Waals surface area contributed by atoms with Gasteiger partial charge in [-0.15, -0.1) is 0 Å². The van der Waals surface area contributed by atoms with Crippen LogP contribution >= 0.6 is 28.1 Å². The lowest BCUT2D eigenvalue weighted by molar-refractivity contribution is 1.06. The van der Waals surface area contributed by atoms with Gasteiger partial charge in [0.1, 0.15) is 6.07 Å². The monoisotopic (exact) mass is 354 g/mol. The Bertz CT molecular complexity index is 1000. The van der Waals surface area contributed by atoms with Gasteiger partial charge in [-0.1, -0.05) is 15.9 Å². The normalized spacial score (nSPS) is 10.2. The Morgan fingerprint density at radius 3 is 2.62 bits per heavy atom. The second-order valence-electron chi connectivity index (χ2n) is 4.38. The SMILES string of the molecule is N#Cc1ccc2[nH]c(=S)n(-c3ccc(Br)cc3C#N)c2c1. The fourth-order valence-corrected chi connectivity index (χ4v) is 2.87. The van der Waals surface area contributed by atoms with Crippen molar-refractivity contribution in [2.45, 2.75) is 0 Å².